The Morgan fingerprint density at radius 1 is 0.862 bits per heavy atom. The Hall–Kier alpha value is -4.06. The van der Waals surface area contributed by atoms with Crippen molar-refractivity contribution in [1.29, 1.82) is 0 Å². The zero-order valence-electron chi connectivity index (χ0n) is 15.6. The summed E-state index contributed by atoms with van der Waals surface area (Å²) in [5.74, 6) is -0.363. The first-order valence-electron chi connectivity index (χ1n) is 9.11. The smallest absolute Gasteiger partial charge is 0.337 e. The number of imidazole rings is 1. The highest BCUT2D eigenvalue weighted by atomic mass is 16.5. The number of aromatic amines is 1. The summed E-state index contributed by atoms with van der Waals surface area (Å²) in [5, 5.41) is 0. The molecular weight excluding hydrogens is 364 g/mol. The van der Waals surface area contributed by atoms with Gasteiger partial charge in [-0.2, -0.15) is 0 Å². The summed E-state index contributed by atoms with van der Waals surface area (Å²) in [5.41, 5.74) is 7.40. The molecule has 1 N–H and O–H groups in total. The van der Waals surface area contributed by atoms with E-state index in [0.29, 0.717) is 5.56 Å². The molecule has 5 aromatic rings. The van der Waals surface area contributed by atoms with Crippen LogP contribution in [0, 0.1) is 0 Å². The maximum Gasteiger partial charge on any atom is 0.337 e. The van der Waals surface area contributed by atoms with Crippen molar-refractivity contribution >= 4 is 28.0 Å². The van der Waals surface area contributed by atoms with Crippen LogP contribution in [0.1, 0.15) is 10.4 Å². The van der Waals surface area contributed by atoms with E-state index in [-0.39, 0.29) is 5.97 Å². The van der Waals surface area contributed by atoms with Gasteiger partial charge < -0.3 is 9.72 Å². The normalized spacial score (nSPS) is 11.1. The van der Waals surface area contributed by atoms with Crippen LogP contribution in [0.4, 0.5) is 0 Å². The number of methoxy groups -OCH3 is 1. The number of nitrogens with zero attached hydrogens (tertiary/aromatic N) is 3. The molecule has 0 unspecified atom stereocenters. The highest BCUT2D eigenvalue weighted by Crippen LogP contribution is 2.32. The van der Waals surface area contributed by atoms with Gasteiger partial charge in [-0.05, 0) is 24.3 Å². The number of esters is 1. The van der Waals surface area contributed by atoms with Crippen molar-refractivity contribution in [3.8, 4) is 22.5 Å². The molecule has 6 nitrogen and oxygen atoms in total. The summed E-state index contributed by atoms with van der Waals surface area (Å²) in [4.78, 5) is 28.8. The minimum Gasteiger partial charge on any atom is -0.465 e. The lowest BCUT2D eigenvalue weighted by Crippen LogP contribution is -2.01. The van der Waals surface area contributed by atoms with Crippen LogP contribution in [-0.2, 0) is 4.74 Å². The predicted molar refractivity (Wildman–Crippen MR) is 111 cm³/mol. The van der Waals surface area contributed by atoms with E-state index in [1.54, 1.807) is 18.5 Å². The largest absolute Gasteiger partial charge is 0.465 e. The van der Waals surface area contributed by atoms with Gasteiger partial charge in [0.2, 0.25) is 0 Å². The Labute approximate surface area is 166 Å². The van der Waals surface area contributed by atoms with Gasteiger partial charge in [0.1, 0.15) is 6.33 Å². The number of hydrogen-bond acceptors (Lipinski definition) is 5. The second-order valence-corrected chi connectivity index (χ2v) is 6.63. The van der Waals surface area contributed by atoms with Gasteiger partial charge in [0, 0.05) is 11.1 Å². The van der Waals surface area contributed by atoms with E-state index in [1.807, 2.05) is 54.6 Å². The molecular formula is C23H16N4O2. The van der Waals surface area contributed by atoms with Gasteiger partial charge in [-0.15, -0.1) is 0 Å². The molecule has 0 radical (unpaired) electrons. The third kappa shape index (κ3) is 3.00. The number of aromatic nitrogens is 4. The van der Waals surface area contributed by atoms with Crippen molar-refractivity contribution in [3.05, 3.63) is 78.6 Å². The van der Waals surface area contributed by atoms with E-state index < -0.39 is 0 Å². The number of rotatable bonds is 3. The summed E-state index contributed by atoms with van der Waals surface area (Å²) < 4.78 is 4.79. The summed E-state index contributed by atoms with van der Waals surface area (Å²) in [6.07, 6.45) is 1.55. The van der Waals surface area contributed by atoms with Crippen molar-refractivity contribution in [3.63, 3.8) is 0 Å². The third-order valence-electron chi connectivity index (χ3n) is 4.86. The van der Waals surface area contributed by atoms with E-state index in [9.17, 15) is 4.79 Å². The first-order valence-corrected chi connectivity index (χ1v) is 9.11. The second kappa shape index (κ2) is 6.83. The molecule has 0 atom stereocenters. The summed E-state index contributed by atoms with van der Waals surface area (Å²) in [7, 11) is 1.37. The highest BCUT2D eigenvalue weighted by molar-refractivity contribution is 5.94. The molecule has 3 aromatic carbocycles. The number of nitrogens with one attached hydrogen (secondary N) is 1. The fourth-order valence-corrected chi connectivity index (χ4v) is 3.39. The molecule has 0 spiro atoms. The molecule has 0 fully saturated rings. The van der Waals surface area contributed by atoms with Crippen LogP contribution in [0.2, 0.25) is 0 Å². The number of ether oxygens (including phenoxy) is 1. The minimum absolute atomic E-state index is 0.363. The number of H-pyrrole nitrogens is 1. The van der Waals surface area contributed by atoms with Crippen molar-refractivity contribution in [2.75, 3.05) is 7.11 Å². The zero-order valence-corrected chi connectivity index (χ0v) is 15.6. The molecule has 6 heteroatoms. The minimum atomic E-state index is -0.363. The van der Waals surface area contributed by atoms with Crippen LogP contribution in [0.3, 0.4) is 0 Å². The lowest BCUT2D eigenvalue weighted by Gasteiger charge is -2.12. The highest BCUT2D eigenvalue weighted by Gasteiger charge is 2.14. The van der Waals surface area contributed by atoms with Gasteiger partial charge in [-0.3, -0.25) is 0 Å². The summed E-state index contributed by atoms with van der Waals surface area (Å²) in [6, 6.07) is 21.1. The van der Waals surface area contributed by atoms with Crippen molar-refractivity contribution in [2.45, 2.75) is 0 Å². The standard InChI is InChI=1S/C23H16N4O2/c1-29-23(28)16-9-7-15(8-10-16)22-21(14-5-3-2-4-6-14)26-19-11-17-18(25-13-24-17)12-20(19)27-22/h2-13,27H,1H3. The molecule has 2 heterocycles. The van der Waals surface area contributed by atoms with E-state index in [0.717, 1.165) is 44.6 Å². The fraction of sp³-hybridized carbons (Fsp3) is 0.0435. The monoisotopic (exact) mass is 380 g/mol. The molecule has 140 valence electrons. The third-order valence-corrected chi connectivity index (χ3v) is 4.86. The number of fused-ring (bicyclic) bond motifs is 2. The SMILES string of the molecule is COC(=O)c1ccc(-c2[nH]c3cc4ncnc4cc3nc2-c2ccccc2)cc1. The Bertz CT molecular complexity index is 1340. The fourth-order valence-electron chi connectivity index (χ4n) is 3.39. The molecule has 0 saturated heterocycles. The van der Waals surface area contributed by atoms with Gasteiger partial charge in [0.25, 0.3) is 0 Å². The van der Waals surface area contributed by atoms with Crippen LogP contribution in [0.5, 0.6) is 0 Å². The van der Waals surface area contributed by atoms with Crippen LogP contribution in [-0.4, -0.2) is 33.0 Å². The van der Waals surface area contributed by atoms with Crippen molar-refractivity contribution < 1.29 is 9.53 Å². The topological polar surface area (TPSA) is 80.8 Å². The quantitative estimate of drug-likeness (QED) is 0.462. The van der Waals surface area contributed by atoms with E-state index in [1.165, 1.54) is 7.11 Å². The van der Waals surface area contributed by atoms with Crippen molar-refractivity contribution in [2.24, 2.45) is 0 Å². The zero-order chi connectivity index (χ0) is 19.8. The van der Waals surface area contributed by atoms with Gasteiger partial charge in [-0.25, -0.2) is 19.7 Å². The molecule has 0 bridgehead atoms. The predicted octanol–water partition coefficient (Wildman–Crippen LogP) is 4.63. The van der Waals surface area contributed by atoms with Gasteiger partial charge in [0.05, 0.1) is 46.1 Å². The van der Waals surface area contributed by atoms with E-state index in [2.05, 4.69) is 15.0 Å². The Morgan fingerprint density at radius 2 is 1.59 bits per heavy atom. The molecule has 2 aromatic heterocycles. The second-order valence-electron chi connectivity index (χ2n) is 6.63. The Balaban J connectivity index is 1.75. The molecule has 0 amide bonds. The van der Waals surface area contributed by atoms with Gasteiger partial charge in [0.15, 0.2) is 0 Å². The van der Waals surface area contributed by atoms with Crippen LogP contribution in [0.25, 0.3) is 44.6 Å². The summed E-state index contributed by atoms with van der Waals surface area (Å²) in [6.45, 7) is 0. The number of carbonyl (C=O) groups is 1. The van der Waals surface area contributed by atoms with E-state index in [4.69, 9.17) is 9.72 Å². The first-order chi connectivity index (χ1) is 14.2. The van der Waals surface area contributed by atoms with Crippen LogP contribution in [0.15, 0.2) is 73.1 Å². The summed E-state index contributed by atoms with van der Waals surface area (Å²) >= 11 is 0. The number of benzene rings is 3. The lowest BCUT2D eigenvalue weighted by atomic mass is 10.0. The molecule has 29 heavy (non-hydrogen) atoms. The van der Waals surface area contributed by atoms with Crippen LogP contribution >= 0.6 is 0 Å². The maximum atomic E-state index is 11.8. The molecule has 0 aliphatic heterocycles. The average molecular weight is 380 g/mol. The molecule has 0 aliphatic carbocycles. The lowest BCUT2D eigenvalue weighted by molar-refractivity contribution is 0.0601. The molecule has 0 aliphatic rings. The average Bonchev–Trinajstić information content (AvgIpc) is 3.24. The Kier molecular flexibility index (Phi) is 4.02. The number of carbonyl (C=O) groups excluding carboxylic acids is 1. The first kappa shape index (κ1) is 17.1. The molecule has 0 saturated carbocycles. The number of hydrogen-bond donors (Lipinski definition) is 1. The van der Waals surface area contributed by atoms with Crippen molar-refractivity contribution in [1.82, 2.24) is 19.9 Å². The van der Waals surface area contributed by atoms with Gasteiger partial charge >= 0.3 is 5.97 Å². The molecule has 5 rings (SSSR count). The Morgan fingerprint density at radius 3 is 2.31 bits per heavy atom. The van der Waals surface area contributed by atoms with Gasteiger partial charge in [-0.1, -0.05) is 42.5 Å². The maximum absolute atomic E-state index is 11.8. The van der Waals surface area contributed by atoms with Crippen LogP contribution < -0.4 is 0 Å². The van der Waals surface area contributed by atoms with E-state index >= 15 is 0 Å².